The highest BCUT2D eigenvalue weighted by molar-refractivity contribution is 7.49. The summed E-state index contributed by atoms with van der Waals surface area (Å²) in [4.78, 5) is 28.0. The number of nitrogens with zero attached hydrogens (tertiary/aromatic N) is 1. The molecule has 0 aliphatic carbocycles. The monoisotopic (exact) mass is 209 g/mol. The van der Waals surface area contributed by atoms with Gasteiger partial charge in [-0.05, 0) is 6.92 Å². The molecule has 0 rings (SSSR count). The third kappa shape index (κ3) is 3.69. The maximum Gasteiger partial charge on any atom is 0.404 e. The van der Waals surface area contributed by atoms with Crippen molar-refractivity contribution in [2.24, 2.45) is 0 Å². The lowest BCUT2D eigenvalue weighted by atomic mass is 10.3. The highest BCUT2D eigenvalue weighted by Crippen LogP contribution is 2.41. The molecule has 0 amide bonds. The minimum absolute atomic E-state index is 0.169. The van der Waals surface area contributed by atoms with Gasteiger partial charge >= 0.3 is 13.7 Å². The zero-order valence-corrected chi connectivity index (χ0v) is 8.02. The lowest BCUT2D eigenvalue weighted by Crippen LogP contribution is -2.36. The fourth-order valence-electron chi connectivity index (χ4n) is 0.750. The fourth-order valence-corrected chi connectivity index (χ4v) is 1.63. The lowest BCUT2D eigenvalue weighted by Gasteiger charge is -2.24. The first kappa shape index (κ1) is 12.3. The number of carboxylic acids is 1. The Morgan fingerprint density at radius 3 is 2.38 bits per heavy atom. The van der Waals surface area contributed by atoms with Gasteiger partial charge in [-0.15, -0.1) is 6.58 Å². The topological polar surface area (TPSA) is 98.1 Å². The predicted octanol–water partition coefficient (Wildman–Crippen LogP) is 0.0402. The normalized spacial score (nSPS) is 14.2. The van der Waals surface area contributed by atoms with Crippen molar-refractivity contribution in [2.75, 3.05) is 6.54 Å². The Labute approximate surface area is 75.7 Å². The molecule has 1 unspecified atom stereocenters. The van der Waals surface area contributed by atoms with E-state index < -0.39 is 19.8 Å². The summed E-state index contributed by atoms with van der Waals surface area (Å²) in [5.41, 5.74) is 0. The molecular formula is C6H12NO5P. The van der Waals surface area contributed by atoms with E-state index >= 15 is 0 Å². The van der Waals surface area contributed by atoms with Crippen LogP contribution >= 0.6 is 7.75 Å². The highest BCUT2D eigenvalue weighted by atomic mass is 31.2. The molecule has 0 aliphatic heterocycles. The molecule has 0 spiro atoms. The smallest absolute Gasteiger partial charge is 0.404 e. The van der Waals surface area contributed by atoms with Crippen molar-refractivity contribution >= 4 is 13.7 Å². The molecule has 0 saturated carbocycles. The zero-order chi connectivity index (χ0) is 10.6. The van der Waals surface area contributed by atoms with Crippen molar-refractivity contribution in [1.82, 2.24) is 4.67 Å². The van der Waals surface area contributed by atoms with Gasteiger partial charge in [0, 0.05) is 6.54 Å². The van der Waals surface area contributed by atoms with Gasteiger partial charge in [-0.25, -0.2) is 4.57 Å². The van der Waals surface area contributed by atoms with E-state index in [-0.39, 0.29) is 6.54 Å². The molecule has 0 aromatic carbocycles. The Morgan fingerprint density at radius 1 is 1.69 bits per heavy atom. The fraction of sp³-hybridized carbons (Fsp3) is 0.500. The summed E-state index contributed by atoms with van der Waals surface area (Å²) in [7, 11) is -4.52. The molecule has 0 bridgehead atoms. The number of hydrogen-bond donors (Lipinski definition) is 3. The molecule has 0 fully saturated rings. The Hall–Kier alpha value is -0.680. The summed E-state index contributed by atoms with van der Waals surface area (Å²) >= 11 is 0. The summed E-state index contributed by atoms with van der Waals surface area (Å²) in [6, 6.07) is -1.24. The quantitative estimate of drug-likeness (QED) is 0.436. The van der Waals surface area contributed by atoms with Crippen molar-refractivity contribution in [3.8, 4) is 0 Å². The van der Waals surface area contributed by atoms with Gasteiger partial charge < -0.3 is 14.9 Å². The van der Waals surface area contributed by atoms with Crippen LogP contribution in [0.2, 0.25) is 0 Å². The van der Waals surface area contributed by atoms with E-state index in [1.54, 1.807) is 0 Å². The van der Waals surface area contributed by atoms with Crippen LogP contribution in [-0.4, -0.2) is 38.1 Å². The van der Waals surface area contributed by atoms with Crippen molar-refractivity contribution in [1.29, 1.82) is 0 Å². The number of hydrogen-bond acceptors (Lipinski definition) is 2. The molecule has 0 aromatic heterocycles. The first-order valence-corrected chi connectivity index (χ1v) is 5.03. The van der Waals surface area contributed by atoms with Crippen molar-refractivity contribution < 1.29 is 24.3 Å². The number of carbonyl (C=O) groups is 1. The average molecular weight is 209 g/mol. The first-order valence-electron chi connectivity index (χ1n) is 3.47. The molecule has 0 heterocycles. The van der Waals surface area contributed by atoms with Crippen LogP contribution in [0.1, 0.15) is 6.92 Å². The molecule has 1 atom stereocenters. The molecule has 0 aromatic rings. The van der Waals surface area contributed by atoms with Gasteiger partial charge in [-0.3, -0.25) is 4.79 Å². The SMILES string of the molecule is C=CCN(C(C)C(=O)O)P(=O)(O)O. The largest absolute Gasteiger partial charge is 0.480 e. The maximum atomic E-state index is 10.8. The van der Waals surface area contributed by atoms with E-state index in [2.05, 4.69) is 6.58 Å². The van der Waals surface area contributed by atoms with Gasteiger partial charge in [0.1, 0.15) is 6.04 Å². The summed E-state index contributed by atoms with van der Waals surface area (Å²) in [5.74, 6) is -1.29. The third-order valence-electron chi connectivity index (χ3n) is 1.46. The third-order valence-corrected chi connectivity index (χ3v) is 2.63. The van der Waals surface area contributed by atoms with E-state index in [0.717, 1.165) is 0 Å². The molecule has 13 heavy (non-hydrogen) atoms. The van der Waals surface area contributed by atoms with Crippen LogP contribution < -0.4 is 0 Å². The summed E-state index contributed by atoms with van der Waals surface area (Å²) in [6.07, 6.45) is 1.23. The average Bonchev–Trinajstić information content (AvgIpc) is 1.96. The minimum Gasteiger partial charge on any atom is -0.480 e. The van der Waals surface area contributed by atoms with Gasteiger partial charge in [0.25, 0.3) is 0 Å². The van der Waals surface area contributed by atoms with Crippen LogP contribution in [-0.2, 0) is 9.36 Å². The number of carboxylic acid groups (broad SMARTS) is 1. The van der Waals surface area contributed by atoms with Gasteiger partial charge in [0.2, 0.25) is 0 Å². The van der Waals surface area contributed by atoms with Crippen LogP contribution in [0.25, 0.3) is 0 Å². The van der Waals surface area contributed by atoms with Gasteiger partial charge in [-0.2, -0.15) is 4.67 Å². The summed E-state index contributed by atoms with van der Waals surface area (Å²) in [5, 5.41) is 8.52. The minimum atomic E-state index is -4.52. The zero-order valence-electron chi connectivity index (χ0n) is 7.12. The molecule has 0 aliphatic rings. The maximum absolute atomic E-state index is 10.8. The standard InChI is InChI=1S/C6H12NO5P/c1-3-4-7(13(10,11)12)5(2)6(8)9/h3,5H,1,4H2,2H3,(H,8,9)(H2,10,11,12). The van der Waals surface area contributed by atoms with Gasteiger partial charge in [0.15, 0.2) is 0 Å². The molecule has 3 N–H and O–H groups in total. The van der Waals surface area contributed by atoms with Crippen LogP contribution in [0.3, 0.4) is 0 Å². The Bertz CT molecular complexity index is 247. The Kier molecular flexibility index (Phi) is 4.29. The van der Waals surface area contributed by atoms with Gasteiger partial charge in [-0.1, -0.05) is 6.08 Å². The number of rotatable bonds is 5. The summed E-state index contributed by atoms with van der Waals surface area (Å²) in [6.45, 7) is 4.31. The molecule has 76 valence electrons. The van der Waals surface area contributed by atoms with Gasteiger partial charge in [0.05, 0.1) is 0 Å². The predicted molar refractivity (Wildman–Crippen MR) is 46.0 cm³/mol. The molecule has 7 heteroatoms. The van der Waals surface area contributed by atoms with E-state index in [1.165, 1.54) is 13.0 Å². The molecular weight excluding hydrogens is 197 g/mol. The molecule has 0 saturated heterocycles. The van der Waals surface area contributed by atoms with Crippen molar-refractivity contribution in [3.05, 3.63) is 12.7 Å². The van der Waals surface area contributed by atoms with Crippen LogP contribution in [0.4, 0.5) is 0 Å². The second-order valence-corrected chi connectivity index (χ2v) is 3.98. The van der Waals surface area contributed by atoms with Crippen LogP contribution in [0, 0.1) is 0 Å². The second kappa shape index (κ2) is 4.53. The van der Waals surface area contributed by atoms with E-state index in [0.29, 0.717) is 4.67 Å². The summed E-state index contributed by atoms with van der Waals surface area (Å²) < 4.78 is 11.3. The van der Waals surface area contributed by atoms with Crippen LogP contribution in [0.15, 0.2) is 12.7 Å². The Balaban J connectivity index is 4.70. The first-order chi connectivity index (χ1) is 5.80. The Morgan fingerprint density at radius 2 is 2.15 bits per heavy atom. The van der Waals surface area contributed by atoms with Crippen molar-refractivity contribution in [2.45, 2.75) is 13.0 Å². The molecule has 0 radical (unpaired) electrons. The second-order valence-electron chi connectivity index (χ2n) is 2.44. The molecule has 6 nitrogen and oxygen atoms in total. The van der Waals surface area contributed by atoms with Crippen LogP contribution in [0.5, 0.6) is 0 Å². The van der Waals surface area contributed by atoms with Crippen molar-refractivity contribution in [3.63, 3.8) is 0 Å². The van der Waals surface area contributed by atoms with E-state index in [9.17, 15) is 9.36 Å². The van der Waals surface area contributed by atoms with E-state index in [4.69, 9.17) is 14.9 Å². The number of aliphatic carboxylic acids is 1. The van der Waals surface area contributed by atoms with E-state index in [1.807, 2.05) is 0 Å². The highest BCUT2D eigenvalue weighted by Gasteiger charge is 2.32. The lowest BCUT2D eigenvalue weighted by molar-refractivity contribution is -0.141.